The van der Waals surface area contributed by atoms with Crippen LogP contribution in [0.5, 0.6) is 0 Å². The highest BCUT2D eigenvalue weighted by molar-refractivity contribution is 5.97. The quantitative estimate of drug-likeness (QED) is 0.397. The molecule has 23 heavy (non-hydrogen) atoms. The Morgan fingerprint density at radius 3 is 2.43 bits per heavy atom. The summed E-state index contributed by atoms with van der Waals surface area (Å²) in [6, 6.07) is -1.45. The molecule has 0 saturated carbocycles. The Morgan fingerprint density at radius 1 is 1.17 bits per heavy atom. The molecule has 0 saturated heterocycles. The summed E-state index contributed by atoms with van der Waals surface area (Å²) in [7, 11) is 0. The van der Waals surface area contributed by atoms with Gasteiger partial charge in [-0.2, -0.15) is 4.39 Å². The highest BCUT2D eigenvalue weighted by Gasteiger charge is 2.30. The molecule has 0 unspecified atom stereocenters. The predicted molar refractivity (Wildman–Crippen MR) is 92.6 cm³/mol. The van der Waals surface area contributed by atoms with E-state index in [4.69, 9.17) is 0 Å². The normalized spacial score (nSPS) is 20.0. The molecule has 0 bridgehead atoms. The fourth-order valence-electron chi connectivity index (χ4n) is 2.61. The third kappa shape index (κ3) is 5.93. The average molecular weight is 316 g/mol. The van der Waals surface area contributed by atoms with Gasteiger partial charge in [0.15, 0.2) is 5.78 Å². The Morgan fingerprint density at radius 2 is 1.83 bits per heavy atom. The first kappa shape index (κ1) is 19.0. The minimum Gasteiger partial charge on any atom is -0.295 e. The van der Waals surface area contributed by atoms with Gasteiger partial charge in [-0.1, -0.05) is 49.8 Å². The summed E-state index contributed by atoms with van der Waals surface area (Å²) in [6.45, 7) is 9.82. The maximum Gasteiger partial charge on any atom is 0.325 e. The second kappa shape index (κ2) is 8.00. The molecule has 0 aliphatic heterocycles. The number of hydrogen-bond donors (Lipinski definition) is 0. The molecule has 0 fully saturated rings. The molecule has 1 aliphatic rings. The van der Waals surface area contributed by atoms with Crippen molar-refractivity contribution in [3.05, 3.63) is 58.7 Å². The number of ketones is 1. The van der Waals surface area contributed by atoms with E-state index in [2.05, 4.69) is 13.8 Å². The third-order valence-electron chi connectivity index (χ3n) is 4.10. The van der Waals surface area contributed by atoms with Crippen molar-refractivity contribution in [3.8, 4) is 0 Å². The van der Waals surface area contributed by atoms with Gasteiger partial charge in [-0.3, -0.25) is 9.59 Å². The van der Waals surface area contributed by atoms with Crippen molar-refractivity contribution in [1.29, 1.82) is 0 Å². The van der Waals surface area contributed by atoms with Crippen LogP contribution in [0, 0.1) is 5.41 Å². The first-order valence-corrected chi connectivity index (χ1v) is 7.79. The van der Waals surface area contributed by atoms with E-state index in [1.165, 1.54) is 0 Å². The van der Waals surface area contributed by atoms with Gasteiger partial charge < -0.3 is 0 Å². The molecule has 3 heteroatoms. The first-order chi connectivity index (χ1) is 10.6. The summed E-state index contributed by atoms with van der Waals surface area (Å²) >= 11 is 0. The zero-order valence-electron chi connectivity index (χ0n) is 14.6. The van der Waals surface area contributed by atoms with Gasteiger partial charge in [0, 0.05) is 12.5 Å². The molecule has 0 radical (unpaired) electrons. The fourth-order valence-corrected chi connectivity index (χ4v) is 2.61. The SMILES string of the molecule is CC1=C(/C=C/C(C)=C\C=C\C(C)=C\C(=O)F)C(C)(C)CCC1=O. The van der Waals surface area contributed by atoms with E-state index in [0.29, 0.717) is 12.0 Å². The highest BCUT2D eigenvalue weighted by Crippen LogP contribution is 2.39. The standard InChI is InChI=1S/C20H25FO2/c1-14(7-6-8-15(2)13-19(21)23)9-10-17-16(3)18(22)11-12-20(17,4)5/h6-10,13H,11-12H2,1-5H3/b8-6+,10-9+,14-7-,15-13+. The van der Waals surface area contributed by atoms with Crippen LogP contribution in [0.1, 0.15) is 47.5 Å². The third-order valence-corrected chi connectivity index (χ3v) is 4.10. The van der Waals surface area contributed by atoms with Gasteiger partial charge in [-0.25, -0.2) is 0 Å². The zero-order chi connectivity index (χ0) is 17.6. The fraction of sp³-hybridized carbons (Fsp3) is 0.400. The molecular weight excluding hydrogens is 291 g/mol. The average Bonchev–Trinajstić information content (AvgIpc) is 2.42. The molecule has 0 heterocycles. The molecule has 0 atom stereocenters. The number of carbonyl (C=O) groups is 2. The molecule has 0 amide bonds. The molecular formula is C20H25FO2. The van der Waals surface area contributed by atoms with Gasteiger partial charge in [0.1, 0.15) is 0 Å². The van der Waals surface area contributed by atoms with E-state index in [1.807, 2.05) is 32.1 Å². The summed E-state index contributed by atoms with van der Waals surface area (Å²) in [4.78, 5) is 22.2. The lowest BCUT2D eigenvalue weighted by Crippen LogP contribution is -2.24. The number of hydrogen-bond acceptors (Lipinski definition) is 2. The molecule has 0 aromatic rings. The Kier molecular flexibility index (Phi) is 6.62. The molecule has 0 aromatic carbocycles. The molecule has 2 nitrogen and oxygen atoms in total. The largest absolute Gasteiger partial charge is 0.325 e. The van der Waals surface area contributed by atoms with Crippen molar-refractivity contribution in [2.75, 3.05) is 0 Å². The van der Waals surface area contributed by atoms with Crippen LogP contribution in [0.2, 0.25) is 0 Å². The van der Waals surface area contributed by atoms with Gasteiger partial charge in [0.05, 0.1) is 0 Å². The minimum atomic E-state index is -1.45. The summed E-state index contributed by atoms with van der Waals surface area (Å²) in [5, 5.41) is 0. The number of rotatable bonds is 5. The van der Waals surface area contributed by atoms with Gasteiger partial charge in [0.2, 0.25) is 0 Å². The summed E-state index contributed by atoms with van der Waals surface area (Å²) in [5.74, 6) is 0.224. The van der Waals surface area contributed by atoms with E-state index < -0.39 is 6.04 Å². The summed E-state index contributed by atoms with van der Waals surface area (Å²) < 4.78 is 12.2. The van der Waals surface area contributed by atoms with Crippen LogP contribution in [0.25, 0.3) is 0 Å². The van der Waals surface area contributed by atoms with Crippen LogP contribution in [-0.2, 0) is 9.59 Å². The lowest BCUT2D eigenvalue weighted by molar-refractivity contribution is -0.124. The van der Waals surface area contributed by atoms with E-state index in [9.17, 15) is 14.0 Å². The topological polar surface area (TPSA) is 34.1 Å². The second-order valence-corrected chi connectivity index (χ2v) is 6.64. The van der Waals surface area contributed by atoms with Gasteiger partial charge in [-0.15, -0.1) is 0 Å². The second-order valence-electron chi connectivity index (χ2n) is 6.64. The van der Waals surface area contributed by atoms with Crippen LogP contribution in [0.15, 0.2) is 58.7 Å². The lowest BCUT2D eigenvalue weighted by Gasteiger charge is -2.32. The van der Waals surface area contributed by atoms with Gasteiger partial charge in [0.25, 0.3) is 0 Å². The van der Waals surface area contributed by atoms with Crippen molar-refractivity contribution in [1.82, 2.24) is 0 Å². The van der Waals surface area contributed by atoms with Crippen LogP contribution in [0.3, 0.4) is 0 Å². The first-order valence-electron chi connectivity index (χ1n) is 7.79. The van der Waals surface area contributed by atoms with Gasteiger partial charge >= 0.3 is 6.04 Å². The Hall–Kier alpha value is -2.03. The molecule has 0 spiro atoms. The van der Waals surface area contributed by atoms with E-state index in [0.717, 1.165) is 29.2 Å². The van der Waals surface area contributed by atoms with Gasteiger partial charge in [-0.05, 0) is 49.3 Å². The Bertz CT molecular complexity index is 641. The van der Waals surface area contributed by atoms with E-state index in [-0.39, 0.29) is 11.2 Å². The maximum atomic E-state index is 12.2. The van der Waals surface area contributed by atoms with Crippen LogP contribution >= 0.6 is 0 Å². The molecule has 0 aromatic heterocycles. The van der Waals surface area contributed by atoms with E-state index in [1.54, 1.807) is 19.1 Å². The molecule has 1 rings (SSSR count). The Balaban J connectivity index is 2.89. The highest BCUT2D eigenvalue weighted by atomic mass is 19.1. The van der Waals surface area contributed by atoms with Crippen molar-refractivity contribution in [2.45, 2.75) is 47.5 Å². The molecule has 0 N–H and O–H groups in total. The van der Waals surface area contributed by atoms with Crippen LogP contribution < -0.4 is 0 Å². The van der Waals surface area contributed by atoms with Crippen molar-refractivity contribution >= 4 is 11.8 Å². The van der Waals surface area contributed by atoms with Crippen LogP contribution in [0.4, 0.5) is 4.39 Å². The maximum absolute atomic E-state index is 12.2. The van der Waals surface area contributed by atoms with E-state index >= 15 is 0 Å². The number of carbonyl (C=O) groups excluding carboxylic acids is 2. The van der Waals surface area contributed by atoms with Crippen molar-refractivity contribution in [2.24, 2.45) is 5.41 Å². The smallest absolute Gasteiger partial charge is 0.295 e. The van der Waals surface area contributed by atoms with Crippen LogP contribution in [-0.4, -0.2) is 11.8 Å². The minimum absolute atomic E-state index is 0.00538. The molecule has 1 aliphatic carbocycles. The van der Waals surface area contributed by atoms with Crippen molar-refractivity contribution < 1.29 is 14.0 Å². The summed E-state index contributed by atoms with van der Waals surface area (Å²) in [6.07, 6.45) is 11.7. The Labute approximate surface area is 138 Å². The summed E-state index contributed by atoms with van der Waals surface area (Å²) in [5.41, 5.74) is 3.51. The zero-order valence-corrected chi connectivity index (χ0v) is 14.6. The monoisotopic (exact) mass is 316 g/mol. The lowest BCUT2D eigenvalue weighted by atomic mass is 9.72. The predicted octanol–water partition coefficient (Wildman–Crippen LogP) is 5.19. The van der Waals surface area contributed by atoms with Crippen molar-refractivity contribution in [3.63, 3.8) is 0 Å². The number of Topliss-reactive ketones (excluding diaryl/α,β-unsaturated/α-hetero) is 1. The number of allylic oxidation sites excluding steroid dienone is 10. The molecule has 124 valence electrons. The number of halogens is 1.